The lowest BCUT2D eigenvalue weighted by molar-refractivity contribution is -0.134. The van der Waals surface area contributed by atoms with E-state index in [0.29, 0.717) is 17.1 Å². The molecule has 2 N–H and O–H groups in total. The molecule has 0 aliphatic heterocycles. The SMILES string of the molecule is O=C(CC(O)c1ccc(Cl)cc1)N(CCO)Cc1ccccc1. The summed E-state index contributed by atoms with van der Waals surface area (Å²) in [6.45, 7) is 0.532. The van der Waals surface area contributed by atoms with E-state index in [2.05, 4.69) is 0 Å². The first-order valence-corrected chi connectivity index (χ1v) is 7.84. The number of carbonyl (C=O) groups is 1. The van der Waals surface area contributed by atoms with E-state index in [1.807, 2.05) is 30.3 Å². The van der Waals surface area contributed by atoms with E-state index in [1.165, 1.54) is 0 Å². The average molecular weight is 334 g/mol. The fraction of sp³-hybridized carbons (Fsp3) is 0.278. The van der Waals surface area contributed by atoms with Crippen molar-refractivity contribution in [3.63, 3.8) is 0 Å². The van der Waals surface area contributed by atoms with Crippen LogP contribution in [0.5, 0.6) is 0 Å². The molecule has 2 aromatic rings. The first kappa shape index (κ1) is 17.5. The summed E-state index contributed by atoms with van der Waals surface area (Å²) < 4.78 is 0. The summed E-state index contributed by atoms with van der Waals surface area (Å²) in [6.07, 6.45) is -0.925. The Balaban J connectivity index is 2.01. The van der Waals surface area contributed by atoms with Crippen molar-refractivity contribution in [2.45, 2.75) is 19.1 Å². The van der Waals surface area contributed by atoms with E-state index < -0.39 is 6.10 Å². The minimum atomic E-state index is -0.892. The molecule has 0 spiro atoms. The molecule has 1 atom stereocenters. The molecule has 0 saturated carbocycles. The lowest BCUT2D eigenvalue weighted by Gasteiger charge is -2.23. The van der Waals surface area contributed by atoms with Crippen molar-refractivity contribution in [3.8, 4) is 0 Å². The van der Waals surface area contributed by atoms with Gasteiger partial charge in [0.15, 0.2) is 0 Å². The summed E-state index contributed by atoms with van der Waals surface area (Å²) in [7, 11) is 0. The highest BCUT2D eigenvalue weighted by Crippen LogP contribution is 2.20. The van der Waals surface area contributed by atoms with E-state index in [9.17, 15) is 15.0 Å². The number of rotatable bonds is 7. The van der Waals surface area contributed by atoms with Crippen LogP contribution >= 0.6 is 11.6 Å². The summed E-state index contributed by atoms with van der Waals surface area (Å²) in [5.74, 6) is -0.203. The van der Waals surface area contributed by atoms with E-state index in [-0.39, 0.29) is 25.5 Å². The van der Waals surface area contributed by atoms with Crippen molar-refractivity contribution in [1.29, 1.82) is 0 Å². The molecule has 4 nitrogen and oxygen atoms in total. The van der Waals surface area contributed by atoms with Crippen molar-refractivity contribution < 1.29 is 15.0 Å². The Morgan fingerprint density at radius 1 is 1.09 bits per heavy atom. The van der Waals surface area contributed by atoms with Crippen molar-refractivity contribution in [2.24, 2.45) is 0 Å². The van der Waals surface area contributed by atoms with Crippen molar-refractivity contribution in [2.75, 3.05) is 13.2 Å². The fourth-order valence-electron chi connectivity index (χ4n) is 2.31. The van der Waals surface area contributed by atoms with Gasteiger partial charge in [-0.25, -0.2) is 0 Å². The van der Waals surface area contributed by atoms with Gasteiger partial charge in [-0.15, -0.1) is 0 Å². The molecule has 2 rings (SSSR count). The Bertz CT molecular complexity index is 616. The number of benzene rings is 2. The van der Waals surface area contributed by atoms with Gasteiger partial charge in [0, 0.05) is 18.1 Å². The average Bonchev–Trinajstić information content (AvgIpc) is 2.56. The maximum absolute atomic E-state index is 12.4. The van der Waals surface area contributed by atoms with Gasteiger partial charge in [0.25, 0.3) is 0 Å². The topological polar surface area (TPSA) is 60.8 Å². The monoisotopic (exact) mass is 333 g/mol. The zero-order chi connectivity index (χ0) is 16.7. The zero-order valence-corrected chi connectivity index (χ0v) is 13.5. The van der Waals surface area contributed by atoms with Crippen molar-refractivity contribution in [1.82, 2.24) is 4.90 Å². The van der Waals surface area contributed by atoms with Crippen LogP contribution in [0.15, 0.2) is 54.6 Å². The van der Waals surface area contributed by atoms with Crippen LogP contribution < -0.4 is 0 Å². The molecule has 0 bridgehead atoms. The number of carbonyl (C=O) groups excluding carboxylic acids is 1. The number of aliphatic hydroxyl groups is 2. The summed E-state index contributed by atoms with van der Waals surface area (Å²) in [5.41, 5.74) is 1.63. The maximum Gasteiger partial charge on any atom is 0.225 e. The largest absolute Gasteiger partial charge is 0.395 e. The molecule has 0 aliphatic rings. The normalized spacial score (nSPS) is 12.0. The third-order valence-electron chi connectivity index (χ3n) is 3.56. The second kappa shape index (κ2) is 8.67. The molecule has 0 radical (unpaired) electrons. The lowest BCUT2D eigenvalue weighted by atomic mass is 10.1. The Morgan fingerprint density at radius 3 is 2.35 bits per heavy atom. The first-order chi connectivity index (χ1) is 11.1. The summed E-state index contributed by atoms with van der Waals surface area (Å²) in [6, 6.07) is 16.3. The van der Waals surface area contributed by atoms with Crippen LogP contribution in [0, 0.1) is 0 Å². The molecular weight excluding hydrogens is 314 g/mol. The molecular formula is C18H20ClNO3. The molecule has 122 valence electrons. The second-order valence-electron chi connectivity index (χ2n) is 5.30. The molecule has 1 amide bonds. The third-order valence-corrected chi connectivity index (χ3v) is 3.81. The van der Waals surface area contributed by atoms with Gasteiger partial charge < -0.3 is 15.1 Å². The Labute approximate surface area is 140 Å². The summed E-state index contributed by atoms with van der Waals surface area (Å²) >= 11 is 5.82. The molecule has 2 aromatic carbocycles. The van der Waals surface area contributed by atoms with Gasteiger partial charge in [0.2, 0.25) is 5.91 Å². The quantitative estimate of drug-likeness (QED) is 0.819. The van der Waals surface area contributed by atoms with E-state index >= 15 is 0 Å². The van der Waals surface area contributed by atoms with Gasteiger partial charge in [-0.3, -0.25) is 4.79 Å². The zero-order valence-electron chi connectivity index (χ0n) is 12.7. The molecule has 1 unspecified atom stereocenters. The summed E-state index contributed by atoms with van der Waals surface area (Å²) in [5, 5.41) is 20.0. The van der Waals surface area contributed by atoms with Crippen molar-refractivity contribution in [3.05, 3.63) is 70.7 Å². The van der Waals surface area contributed by atoms with Crippen LogP contribution in [0.25, 0.3) is 0 Å². The molecule has 0 saturated heterocycles. The van der Waals surface area contributed by atoms with Crippen LogP contribution in [-0.2, 0) is 11.3 Å². The van der Waals surface area contributed by atoms with Gasteiger partial charge in [-0.05, 0) is 23.3 Å². The molecule has 5 heteroatoms. The number of aliphatic hydroxyl groups excluding tert-OH is 2. The smallest absolute Gasteiger partial charge is 0.225 e. The molecule has 23 heavy (non-hydrogen) atoms. The number of halogens is 1. The van der Waals surface area contributed by atoms with Crippen LogP contribution in [0.1, 0.15) is 23.7 Å². The van der Waals surface area contributed by atoms with Gasteiger partial charge in [-0.2, -0.15) is 0 Å². The van der Waals surface area contributed by atoms with E-state index in [0.717, 1.165) is 5.56 Å². The Morgan fingerprint density at radius 2 is 1.74 bits per heavy atom. The predicted octanol–water partition coefficient (Wildman–Crippen LogP) is 2.78. The highest BCUT2D eigenvalue weighted by Gasteiger charge is 2.19. The molecule has 0 aliphatic carbocycles. The third kappa shape index (κ3) is 5.36. The first-order valence-electron chi connectivity index (χ1n) is 7.46. The van der Waals surface area contributed by atoms with Crippen LogP contribution in [0.3, 0.4) is 0 Å². The number of hydrogen-bond acceptors (Lipinski definition) is 3. The minimum Gasteiger partial charge on any atom is -0.395 e. The fourth-order valence-corrected chi connectivity index (χ4v) is 2.44. The van der Waals surface area contributed by atoms with Crippen molar-refractivity contribution >= 4 is 17.5 Å². The number of amides is 1. The second-order valence-corrected chi connectivity index (χ2v) is 5.73. The molecule has 0 fully saturated rings. The predicted molar refractivity (Wildman–Crippen MR) is 90.0 cm³/mol. The van der Waals surface area contributed by atoms with E-state index in [4.69, 9.17) is 11.6 Å². The lowest BCUT2D eigenvalue weighted by Crippen LogP contribution is -2.34. The highest BCUT2D eigenvalue weighted by atomic mass is 35.5. The van der Waals surface area contributed by atoms with Crippen LogP contribution in [0.2, 0.25) is 5.02 Å². The Hall–Kier alpha value is -1.88. The van der Waals surface area contributed by atoms with Gasteiger partial charge in [-0.1, -0.05) is 54.1 Å². The molecule has 0 heterocycles. The van der Waals surface area contributed by atoms with Gasteiger partial charge >= 0.3 is 0 Å². The van der Waals surface area contributed by atoms with Crippen LogP contribution in [0.4, 0.5) is 0 Å². The minimum absolute atomic E-state index is 0.0333. The van der Waals surface area contributed by atoms with Crippen LogP contribution in [-0.4, -0.2) is 34.2 Å². The highest BCUT2D eigenvalue weighted by molar-refractivity contribution is 6.30. The summed E-state index contributed by atoms with van der Waals surface area (Å²) in [4.78, 5) is 14.0. The Kier molecular flexibility index (Phi) is 6.59. The van der Waals surface area contributed by atoms with Gasteiger partial charge in [0.05, 0.1) is 19.1 Å². The maximum atomic E-state index is 12.4. The number of nitrogens with zero attached hydrogens (tertiary/aromatic N) is 1. The number of hydrogen-bond donors (Lipinski definition) is 2. The van der Waals surface area contributed by atoms with Gasteiger partial charge in [0.1, 0.15) is 0 Å². The standard InChI is InChI=1S/C18H20ClNO3/c19-16-8-6-15(7-9-16)17(22)12-18(23)20(10-11-21)13-14-4-2-1-3-5-14/h1-9,17,21-22H,10-13H2. The molecule has 0 aromatic heterocycles. The van der Waals surface area contributed by atoms with E-state index in [1.54, 1.807) is 29.2 Å².